The first kappa shape index (κ1) is 11.0. The second kappa shape index (κ2) is 4.97. The molecule has 1 fully saturated rings. The first-order valence-electron chi connectivity index (χ1n) is 5.46. The Labute approximate surface area is 81.6 Å². The monoisotopic (exact) mass is 186 g/mol. The molecule has 0 aromatic carbocycles. The van der Waals surface area contributed by atoms with Gasteiger partial charge in [0.05, 0.1) is 13.2 Å². The molecular formula is C11H22O2. The lowest BCUT2D eigenvalue weighted by molar-refractivity contribution is -0.235. The lowest BCUT2D eigenvalue weighted by Crippen LogP contribution is -2.36. The quantitative estimate of drug-likeness (QED) is 0.674. The fourth-order valence-corrected chi connectivity index (χ4v) is 1.85. The molecule has 1 aliphatic heterocycles. The third kappa shape index (κ3) is 3.28. The maximum atomic E-state index is 5.83. The van der Waals surface area contributed by atoms with Crippen LogP contribution in [0.25, 0.3) is 0 Å². The van der Waals surface area contributed by atoms with Crippen molar-refractivity contribution in [1.29, 1.82) is 0 Å². The molecule has 2 heteroatoms. The Morgan fingerprint density at radius 3 is 2.08 bits per heavy atom. The van der Waals surface area contributed by atoms with Crippen LogP contribution in [0.15, 0.2) is 0 Å². The van der Waals surface area contributed by atoms with E-state index in [9.17, 15) is 0 Å². The van der Waals surface area contributed by atoms with Crippen molar-refractivity contribution in [1.82, 2.24) is 0 Å². The predicted molar refractivity (Wildman–Crippen MR) is 53.6 cm³/mol. The minimum absolute atomic E-state index is 0.273. The molecule has 0 aromatic rings. The SMILES string of the molecule is CCC1(CC(C)C)OCCCCO1. The summed E-state index contributed by atoms with van der Waals surface area (Å²) in [4.78, 5) is 0. The molecule has 0 atom stereocenters. The lowest BCUT2D eigenvalue weighted by Gasteiger charge is -2.32. The minimum atomic E-state index is -0.273. The zero-order valence-electron chi connectivity index (χ0n) is 9.14. The summed E-state index contributed by atoms with van der Waals surface area (Å²) in [6.07, 6.45) is 4.26. The van der Waals surface area contributed by atoms with Gasteiger partial charge in [-0.2, -0.15) is 0 Å². The second-order valence-electron chi connectivity index (χ2n) is 4.27. The highest BCUT2D eigenvalue weighted by atomic mass is 16.7. The minimum Gasteiger partial charge on any atom is -0.350 e. The first-order valence-corrected chi connectivity index (χ1v) is 5.46. The van der Waals surface area contributed by atoms with Crippen molar-refractivity contribution in [2.75, 3.05) is 13.2 Å². The third-order valence-corrected chi connectivity index (χ3v) is 2.53. The highest BCUT2D eigenvalue weighted by Gasteiger charge is 2.32. The molecular weight excluding hydrogens is 164 g/mol. The van der Waals surface area contributed by atoms with Crippen molar-refractivity contribution < 1.29 is 9.47 Å². The molecule has 0 radical (unpaired) electrons. The van der Waals surface area contributed by atoms with Crippen LogP contribution in [0.5, 0.6) is 0 Å². The van der Waals surface area contributed by atoms with Crippen molar-refractivity contribution >= 4 is 0 Å². The summed E-state index contributed by atoms with van der Waals surface area (Å²) in [5, 5.41) is 0. The number of hydrogen-bond acceptors (Lipinski definition) is 2. The van der Waals surface area contributed by atoms with E-state index in [0.29, 0.717) is 5.92 Å². The average Bonchev–Trinajstić information content (AvgIpc) is 2.30. The van der Waals surface area contributed by atoms with E-state index in [1.54, 1.807) is 0 Å². The maximum absolute atomic E-state index is 5.83. The van der Waals surface area contributed by atoms with E-state index in [0.717, 1.165) is 38.9 Å². The van der Waals surface area contributed by atoms with Gasteiger partial charge in [0.2, 0.25) is 0 Å². The van der Waals surface area contributed by atoms with Gasteiger partial charge in [-0.15, -0.1) is 0 Å². The molecule has 0 unspecified atom stereocenters. The van der Waals surface area contributed by atoms with E-state index < -0.39 is 0 Å². The molecule has 0 saturated carbocycles. The Morgan fingerprint density at radius 2 is 1.69 bits per heavy atom. The molecule has 1 aliphatic rings. The molecule has 2 nitrogen and oxygen atoms in total. The van der Waals surface area contributed by atoms with Crippen LogP contribution in [0.3, 0.4) is 0 Å². The largest absolute Gasteiger partial charge is 0.350 e. The lowest BCUT2D eigenvalue weighted by atomic mass is 10.0. The van der Waals surface area contributed by atoms with Gasteiger partial charge in [0.25, 0.3) is 0 Å². The van der Waals surface area contributed by atoms with Crippen LogP contribution in [0, 0.1) is 5.92 Å². The van der Waals surface area contributed by atoms with Crippen molar-refractivity contribution in [3.63, 3.8) is 0 Å². The number of rotatable bonds is 3. The maximum Gasteiger partial charge on any atom is 0.168 e. The van der Waals surface area contributed by atoms with E-state index in [2.05, 4.69) is 20.8 Å². The van der Waals surface area contributed by atoms with Gasteiger partial charge in [0.15, 0.2) is 5.79 Å². The topological polar surface area (TPSA) is 18.5 Å². The molecule has 0 N–H and O–H groups in total. The van der Waals surface area contributed by atoms with E-state index in [4.69, 9.17) is 9.47 Å². The summed E-state index contributed by atoms with van der Waals surface area (Å²) < 4.78 is 11.7. The van der Waals surface area contributed by atoms with Crippen LogP contribution >= 0.6 is 0 Å². The van der Waals surface area contributed by atoms with Gasteiger partial charge in [-0.05, 0) is 25.2 Å². The molecule has 0 aromatic heterocycles. The Bertz CT molecular complexity index is 135. The van der Waals surface area contributed by atoms with Crippen LogP contribution in [-0.4, -0.2) is 19.0 Å². The zero-order valence-corrected chi connectivity index (χ0v) is 9.14. The van der Waals surface area contributed by atoms with E-state index in [-0.39, 0.29) is 5.79 Å². The highest BCUT2D eigenvalue weighted by Crippen LogP contribution is 2.29. The number of hydrogen-bond donors (Lipinski definition) is 0. The summed E-state index contributed by atoms with van der Waals surface area (Å²) in [6, 6.07) is 0. The van der Waals surface area contributed by atoms with Crippen LogP contribution in [0.2, 0.25) is 0 Å². The van der Waals surface area contributed by atoms with Gasteiger partial charge in [-0.1, -0.05) is 20.8 Å². The van der Waals surface area contributed by atoms with Gasteiger partial charge in [-0.3, -0.25) is 0 Å². The Kier molecular flexibility index (Phi) is 4.20. The second-order valence-corrected chi connectivity index (χ2v) is 4.27. The molecule has 0 spiro atoms. The molecule has 1 rings (SSSR count). The van der Waals surface area contributed by atoms with Gasteiger partial charge >= 0.3 is 0 Å². The summed E-state index contributed by atoms with van der Waals surface area (Å²) in [5.41, 5.74) is 0. The van der Waals surface area contributed by atoms with Crippen LogP contribution in [0.1, 0.15) is 46.5 Å². The highest BCUT2D eigenvalue weighted by molar-refractivity contribution is 4.72. The van der Waals surface area contributed by atoms with Crippen molar-refractivity contribution in [2.24, 2.45) is 5.92 Å². The Morgan fingerprint density at radius 1 is 1.15 bits per heavy atom. The van der Waals surface area contributed by atoms with E-state index >= 15 is 0 Å². The molecule has 0 amide bonds. The molecule has 1 saturated heterocycles. The van der Waals surface area contributed by atoms with Crippen molar-refractivity contribution in [3.05, 3.63) is 0 Å². The van der Waals surface area contributed by atoms with Crippen LogP contribution < -0.4 is 0 Å². The smallest absolute Gasteiger partial charge is 0.168 e. The molecule has 13 heavy (non-hydrogen) atoms. The van der Waals surface area contributed by atoms with Crippen LogP contribution in [-0.2, 0) is 9.47 Å². The van der Waals surface area contributed by atoms with E-state index in [1.165, 1.54) is 0 Å². The average molecular weight is 186 g/mol. The molecule has 0 aliphatic carbocycles. The molecule has 78 valence electrons. The van der Waals surface area contributed by atoms with Crippen molar-refractivity contribution in [2.45, 2.75) is 52.2 Å². The van der Waals surface area contributed by atoms with Crippen LogP contribution in [0.4, 0.5) is 0 Å². The predicted octanol–water partition coefficient (Wildman–Crippen LogP) is 2.97. The summed E-state index contributed by atoms with van der Waals surface area (Å²) in [6.45, 7) is 8.30. The first-order chi connectivity index (χ1) is 6.18. The van der Waals surface area contributed by atoms with Gasteiger partial charge in [0.1, 0.15) is 0 Å². The summed E-state index contributed by atoms with van der Waals surface area (Å²) >= 11 is 0. The van der Waals surface area contributed by atoms with Gasteiger partial charge in [-0.25, -0.2) is 0 Å². The number of ether oxygens (including phenoxy) is 2. The normalized spacial score (nSPS) is 23.1. The van der Waals surface area contributed by atoms with Gasteiger partial charge < -0.3 is 9.47 Å². The fraction of sp³-hybridized carbons (Fsp3) is 1.00. The Hall–Kier alpha value is -0.0800. The Balaban J connectivity index is 2.53. The van der Waals surface area contributed by atoms with E-state index in [1.807, 2.05) is 0 Å². The summed E-state index contributed by atoms with van der Waals surface area (Å²) in [7, 11) is 0. The van der Waals surface area contributed by atoms with Gasteiger partial charge in [0, 0.05) is 6.42 Å². The third-order valence-electron chi connectivity index (χ3n) is 2.53. The fourth-order valence-electron chi connectivity index (χ4n) is 1.85. The summed E-state index contributed by atoms with van der Waals surface area (Å²) in [5.74, 6) is 0.364. The molecule has 1 heterocycles. The molecule has 0 bridgehead atoms. The standard InChI is InChI=1S/C11H22O2/c1-4-11(9-10(2)3)12-7-5-6-8-13-11/h10H,4-9H2,1-3H3. The zero-order chi connectivity index (χ0) is 9.73. The van der Waals surface area contributed by atoms with Crippen molar-refractivity contribution in [3.8, 4) is 0 Å².